The van der Waals surface area contributed by atoms with Crippen molar-refractivity contribution in [3.05, 3.63) is 0 Å². The topological polar surface area (TPSA) is 229 Å². The van der Waals surface area contributed by atoms with Crippen LogP contribution < -0.4 is 0 Å². The molecule has 0 bridgehead atoms. The Bertz CT molecular complexity index is 379. The molecule has 0 amide bonds. The molecule has 7 atom stereocenters. The fraction of sp³-hybridized carbons (Fsp3) is 0.917. The van der Waals surface area contributed by atoms with Crippen LogP contribution in [0.2, 0.25) is 0 Å². The quantitative estimate of drug-likeness (QED) is 0.204. The molecule has 1 heterocycles. The maximum Gasteiger partial charge on any atom is 0.219 e. The third-order valence-electron chi connectivity index (χ3n) is 3.32. The van der Waals surface area contributed by atoms with Gasteiger partial charge in [-0.3, -0.25) is 4.79 Å². The number of carbonyl (C=O) groups excluding carboxylic acids is 1. The van der Waals surface area contributed by atoms with Crippen LogP contribution in [0.3, 0.4) is 0 Å². The molecule has 1 aliphatic heterocycles. The van der Waals surface area contributed by atoms with Gasteiger partial charge in [-0.2, -0.15) is 0 Å². The molecule has 1 rings (SSSR count). The van der Waals surface area contributed by atoms with Crippen molar-refractivity contribution < 1.29 is 60.6 Å². The number of hydrogen-bond donors (Lipinski definition) is 10. The molecule has 0 unspecified atom stereocenters. The van der Waals surface area contributed by atoms with Crippen molar-refractivity contribution in [2.75, 3.05) is 26.4 Å². The molecule has 144 valence electrons. The Morgan fingerprint density at radius 2 is 1.62 bits per heavy atom. The van der Waals surface area contributed by atoms with Crippen LogP contribution >= 0.6 is 0 Å². The summed E-state index contributed by atoms with van der Waals surface area (Å²) in [7, 11) is 0. The van der Waals surface area contributed by atoms with Gasteiger partial charge in [-0.1, -0.05) is 0 Å². The van der Waals surface area contributed by atoms with E-state index >= 15 is 0 Å². The van der Waals surface area contributed by atoms with Crippen LogP contribution in [0.1, 0.15) is 0 Å². The fourth-order valence-corrected chi connectivity index (χ4v) is 1.75. The summed E-state index contributed by atoms with van der Waals surface area (Å²) < 4.78 is 4.63. The van der Waals surface area contributed by atoms with Crippen LogP contribution in [-0.2, 0) is 9.53 Å². The number of Topliss-reactive ketones (excluding diaryl/α,β-unsaturated/α-hetero) is 1. The molecule has 24 heavy (non-hydrogen) atoms. The second-order valence-corrected chi connectivity index (χ2v) is 5.09. The molecular weight excluding hydrogens is 336 g/mol. The van der Waals surface area contributed by atoms with Gasteiger partial charge in [-0.15, -0.1) is 0 Å². The number of aliphatic hydroxyl groups excluding tert-OH is 9. The summed E-state index contributed by atoms with van der Waals surface area (Å²) in [4.78, 5) is 10.5. The van der Waals surface area contributed by atoms with Crippen LogP contribution in [0, 0.1) is 0 Å². The minimum absolute atomic E-state index is 0.527. The summed E-state index contributed by atoms with van der Waals surface area (Å²) in [5.41, 5.74) is 0. The molecule has 1 aliphatic rings. The second kappa shape index (κ2) is 10.3. The minimum atomic E-state index is -2.16. The number of rotatable bonds is 7. The molecule has 0 radical (unpaired) electrons. The maximum atomic E-state index is 10.5. The molecule has 12 heteroatoms. The monoisotopic (exact) mass is 360 g/mol. The van der Waals surface area contributed by atoms with Crippen molar-refractivity contribution in [2.45, 2.75) is 42.4 Å². The second-order valence-electron chi connectivity index (χ2n) is 5.09. The lowest BCUT2D eigenvalue weighted by Crippen LogP contribution is -2.46. The molecule has 1 saturated heterocycles. The first-order valence-corrected chi connectivity index (χ1v) is 6.86. The van der Waals surface area contributed by atoms with Crippen molar-refractivity contribution >= 4 is 5.78 Å². The molecule has 0 spiro atoms. The highest BCUT2D eigenvalue weighted by Crippen LogP contribution is 2.28. The summed E-state index contributed by atoms with van der Waals surface area (Å²) in [6, 6.07) is 0. The first-order chi connectivity index (χ1) is 11.1. The van der Waals surface area contributed by atoms with E-state index < -0.39 is 74.6 Å². The fourth-order valence-electron chi connectivity index (χ4n) is 1.75. The van der Waals surface area contributed by atoms with E-state index in [-0.39, 0.29) is 0 Å². The van der Waals surface area contributed by atoms with Gasteiger partial charge in [0.2, 0.25) is 5.79 Å². The van der Waals surface area contributed by atoms with Crippen molar-refractivity contribution in [3.63, 3.8) is 0 Å². The lowest BCUT2D eigenvalue weighted by atomic mass is 10.1. The maximum absolute atomic E-state index is 10.5. The van der Waals surface area contributed by atoms with E-state index in [1.54, 1.807) is 0 Å². The zero-order valence-electron chi connectivity index (χ0n) is 12.6. The van der Waals surface area contributed by atoms with Gasteiger partial charge in [-0.25, -0.2) is 0 Å². The van der Waals surface area contributed by atoms with Crippen LogP contribution in [0.15, 0.2) is 0 Å². The van der Waals surface area contributed by atoms with Gasteiger partial charge in [0.05, 0.1) is 19.8 Å². The molecule has 0 aromatic heterocycles. The number of carbonyl (C=O) groups is 1. The smallest absolute Gasteiger partial charge is 0.219 e. The molecular formula is C12H24O12. The van der Waals surface area contributed by atoms with Crippen molar-refractivity contribution in [1.82, 2.24) is 0 Å². The van der Waals surface area contributed by atoms with Crippen LogP contribution in [0.4, 0.5) is 0 Å². The number of hydrogen-bond acceptors (Lipinski definition) is 12. The lowest BCUT2D eigenvalue weighted by molar-refractivity contribution is -0.248. The normalized spacial score (nSPS) is 33.3. The van der Waals surface area contributed by atoms with Crippen molar-refractivity contribution in [3.8, 4) is 0 Å². The third kappa shape index (κ3) is 5.65. The average Bonchev–Trinajstić information content (AvgIpc) is 2.83. The van der Waals surface area contributed by atoms with Gasteiger partial charge >= 0.3 is 0 Å². The Kier molecular flexibility index (Phi) is 9.94. The highest BCUT2D eigenvalue weighted by Gasteiger charge is 2.52. The van der Waals surface area contributed by atoms with E-state index in [4.69, 9.17) is 46.0 Å². The highest BCUT2D eigenvalue weighted by atomic mass is 16.7. The molecule has 0 aromatic rings. The summed E-state index contributed by atoms with van der Waals surface area (Å²) in [5.74, 6) is -3.16. The van der Waals surface area contributed by atoms with Gasteiger partial charge in [0, 0.05) is 0 Å². The third-order valence-corrected chi connectivity index (χ3v) is 3.32. The van der Waals surface area contributed by atoms with Crippen molar-refractivity contribution in [1.29, 1.82) is 0 Å². The van der Waals surface area contributed by atoms with Gasteiger partial charge in [-0.05, 0) is 0 Å². The van der Waals surface area contributed by atoms with Gasteiger partial charge in [0.15, 0.2) is 5.78 Å². The van der Waals surface area contributed by atoms with E-state index in [0.29, 0.717) is 0 Å². The van der Waals surface area contributed by atoms with E-state index in [1.807, 2.05) is 0 Å². The zero-order chi connectivity index (χ0) is 19.1. The van der Waals surface area contributed by atoms with E-state index in [0.717, 1.165) is 0 Å². The van der Waals surface area contributed by atoms with Gasteiger partial charge < -0.3 is 55.8 Å². The zero-order valence-corrected chi connectivity index (χ0v) is 12.6. The molecule has 1 fully saturated rings. The van der Waals surface area contributed by atoms with Crippen LogP contribution in [0.25, 0.3) is 0 Å². The summed E-state index contributed by atoms with van der Waals surface area (Å²) in [6.07, 6.45) is -9.26. The molecule has 0 aromatic carbocycles. The number of aliphatic hydroxyl groups is 10. The summed E-state index contributed by atoms with van der Waals surface area (Å²) in [5, 5.41) is 87.7. The summed E-state index contributed by atoms with van der Waals surface area (Å²) >= 11 is 0. The average molecular weight is 360 g/mol. The van der Waals surface area contributed by atoms with E-state index in [9.17, 15) is 9.90 Å². The first kappa shape index (κ1) is 23.2. The van der Waals surface area contributed by atoms with E-state index in [2.05, 4.69) is 4.74 Å². The predicted molar refractivity (Wildman–Crippen MR) is 73.2 cm³/mol. The Morgan fingerprint density at radius 1 is 1.08 bits per heavy atom. The standard InChI is InChI=1S/2C6H12O6/c7-1-3-4(9)5(10)6(11,2-8)12-3;7-1-3(9)5(11)6(12)4(10)2-8/h3-5,7-11H,1-2H2;3,5-9,11-12H,1-2H2/t3-,4-,5+,6-;3-,5-,6-/m11/s1. The van der Waals surface area contributed by atoms with Crippen LogP contribution in [0.5, 0.6) is 0 Å². The van der Waals surface area contributed by atoms with Crippen molar-refractivity contribution in [2.24, 2.45) is 0 Å². The number of ketones is 1. The molecule has 12 nitrogen and oxygen atoms in total. The van der Waals surface area contributed by atoms with Gasteiger partial charge in [0.1, 0.15) is 43.2 Å². The summed E-state index contributed by atoms with van der Waals surface area (Å²) in [6.45, 7) is -3.05. The molecule has 10 N–H and O–H groups in total. The number of ether oxygens (including phenoxy) is 1. The SMILES string of the molecule is O=C(CO)[C@@H](O)[C@H](O)[C@H](O)CO.OC[C@H]1O[C@](O)(CO)[C@@H](O)[C@@H]1O. The lowest BCUT2D eigenvalue weighted by Gasteiger charge is -2.22. The minimum Gasteiger partial charge on any atom is -0.394 e. The highest BCUT2D eigenvalue weighted by molar-refractivity contribution is 5.84. The van der Waals surface area contributed by atoms with E-state index in [1.165, 1.54) is 0 Å². The Balaban J connectivity index is 0.000000441. The van der Waals surface area contributed by atoms with Crippen LogP contribution in [-0.4, -0.2) is 126 Å². The largest absolute Gasteiger partial charge is 0.394 e. The predicted octanol–water partition coefficient (Wildman–Crippen LogP) is -6.60. The Morgan fingerprint density at radius 3 is 1.92 bits per heavy atom. The first-order valence-electron chi connectivity index (χ1n) is 6.86. The Hall–Kier alpha value is -0.770. The molecule has 0 aliphatic carbocycles. The Labute approximate surface area is 136 Å². The molecule has 0 saturated carbocycles. The van der Waals surface area contributed by atoms with Gasteiger partial charge in [0.25, 0.3) is 0 Å².